The number of halogens is 4. The lowest BCUT2D eigenvalue weighted by molar-refractivity contribution is -0.402. The smallest absolute Gasteiger partial charge is 0.433 e. The lowest BCUT2D eigenvalue weighted by Gasteiger charge is -2.10. The van der Waals surface area contributed by atoms with Crippen molar-refractivity contribution < 1.29 is 23.8 Å². The molecule has 5 aromatic rings. The number of non-ortho nitro benzene ring substituents is 1. The van der Waals surface area contributed by atoms with Gasteiger partial charge >= 0.3 is 5.88 Å². The molecule has 0 aliphatic rings. The molecular formula is C33H33Br2Cl2N3O7S. The van der Waals surface area contributed by atoms with Crippen molar-refractivity contribution in [2.24, 2.45) is 0 Å². The van der Waals surface area contributed by atoms with E-state index in [2.05, 4.69) is 61.5 Å². The van der Waals surface area contributed by atoms with Gasteiger partial charge in [0, 0.05) is 50.5 Å². The highest BCUT2D eigenvalue weighted by atomic mass is 79.9. The molecule has 10 nitrogen and oxygen atoms in total. The van der Waals surface area contributed by atoms with Gasteiger partial charge in [0.1, 0.15) is 16.4 Å². The molecule has 0 N–H and O–H groups in total. The van der Waals surface area contributed by atoms with Gasteiger partial charge in [0.25, 0.3) is 5.69 Å². The highest BCUT2D eigenvalue weighted by molar-refractivity contribution is 9.08. The van der Waals surface area contributed by atoms with Crippen molar-refractivity contribution in [1.82, 2.24) is 4.57 Å². The monoisotopic (exact) mass is 843 g/mol. The molecule has 0 saturated carbocycles. The molecule has 0 radical (unpaired) electrons. The van der Waals surface area contributed by atoms with Gasteiger partial charge in [-0.15, -0.1) is 22.9 Å². The van der Waals surface area contributed by atoms with E-state index >= 15 is 0 Å². The number of nitro groups is 2. The number of aromatic nitrogens is 1. The van der Waals surface area contributed by atoms with Crippen LogP contribution in [0.5, 0.6) is 5.75 Å². The first-order chi connectivity index (χ1) is 22.9. The van der Waals surface area contributed by atoms with Crippen molar-refractivity contribution in [3.63, 3.8) is 0 Å². The highest BCUT2D eigenvalue weighted by Crippen LogP contribution is 2.26. The molecule has 15 heteroatoms. The number of aryl methyl sites for hydroxylation is 2. The van der Waals surface area contributed by atoms with Crippen LogP contribution >= 0.6 is 66.4 Å². The normalized spacial score (nSPS) is 10.0. The fourth-order valence-electron chi connectivity index (χ4n) is 4.11. The minimum Gasteiger partial charge on any atom is -0.494 e. The molecule has 0 fully saturated rings. The first kappa shape index (κ1) is 40.7. The van der Waals surface area contributed by atoms with Gasteiger partial charge in [0.15, 0.2) is 6.29 Å². The molecule has 3 aromatic heterocycles. The highest BCUT2D eigenvalue weighted by Gasteiger charge is 2.12. The zero-order valence-corrected chi connectivity index (χ0v) is 32.0. The number of carbonyl (C=O) groups excluding carboxylic acids is 1. The first-order valence-corrected chi connectivity index (χ1v) is 18.1. The summed E-state index contributed by atoms with van der Waals surface area (Å²) in [6.45, 7) is 8.48. The van der Waals surface area contributed by atoms with Gasteiger partial charge < -0.3 is 13.7 Å². The van der Waals surface area contributed by atoms with Crippen molar-refractivity contribution in [2.45, 2.75) is 44.2 Å². The minimum atomic E-state index is -0.563. The third-order valence-electron chi connectivity index (χ3n) is 6.28. The zero-order chi connectivity index (χ0) is 35.8. The summed E-state index contributed by atoms with van der Waals surface area (Å²) in [4.78, 5) is 31.5. The number of hydrogen-bond acceptors (Lipinski definition) is 8. The van der Waals surface area contributed by atoms with Gasteiger partial charge in [-0.1, -0.05) is 55.6 Å². The van der Waals surface area contributed by atoms with Crippen molar-refractivity contribution >= 4 is 84.3 Å². The Bertz CT molecular complexity index is 1810. The van der Waals surface area contributed by atoms with E-state index in [-0.39, 0.29) is 11.6 Å². The Morgan fingerprint density at radius 3 is 2.12 bits per heavy atom. The van der Waals surface area contributed by atoms with Crippen LogP contribution in [-0.2, 0) is 16.5 Å². The molecule has 0 saturated heterocycles. The molecule has 0 atom stereocenters. The molecule has 0 aliphatic carbocycles. The summed E-state index contributed by atoms with van der Waals surface area (Å²) in [5.74, 6) is 1.60. The lowest BCUT2D eigenvalue weighted by Crippen LogP contribution is -1.99. The third-order valence-corrected chi connectivity index (χ3v) is 9.11. The Hall–Kier alpha value is -3.49. The fraction of sp³-hybridized carbons (Fsp3) is 0.242. The molecule has 0 spiro atoms. The summed E-state index contributed by atoms with van der Waals surface area (Å²) < 4.78 is 13.0. The van der Waals surface area contributed by atoms with Crippen molar-refractivity contribution in [2.75, 3.05) is 6.61 Å². The maximum Gasteiger partial charge on any atom is 0.433 e. The standard InChI is InChI=1S/C14H15NO.C9H10BrNO3.C5H4BrNO3.C5H4Cl2S/c1-10-5-4-6-14(7-10)15-11(2)8-13(9-16)12(15)3;1-2-14-9-4-3-8(11(12)13)5-7(9)6-10;6-3-4-1-2-5(10-4)7(8)9;6-3-4-1-2-5(7)8-4/h4-9H,1-3H3;3-5H,2,6H2,1H3;1-2H,3H2;1-2H,3H2. The molecule has 256 valence electrons. The molecule has 0 unspecified atom stereocenters. The summed E-state index contributed by atoms with van der Waals surface area (Å²) in [6, 6.07) is 21.5. The predicted octanol–water partition coefficient (Wildman–Crippen LogP) is 11.3. The second-order valence-electron chi connectivity index (χ2n) is 9.70. The van der Waals surface area contributed by atoms with Crippen molar-refractivity contribution in [3.8, 4) is 11.4 Å². The summed E-state index contributed by atoms with van der Waals surface area (Å²) in [5.41, 5.74) is 6.06. The Morgan fingerprint density at radius 2 is 1.69 bits per heavy atom. The number of hydrogen-bond donors (Lipinski definition) is 0. The number of ether oxygens (including phenoxy) is 1. The number of nitro benzene ring substituents is 1. The second kappa shape index (κ2) is 20.8. The number of benzene rings is 2. The van der Waals surface area contributed by atoms with E-state index in [0.717, 1.165) is 43.7 Å². The van der Waals surface area contributed by atoms with Crippen molar-refractivity contribution in [1.29, 1.82) is 0 Å². The molecular weight excluding hydrogens is 813 g/mol. The molecule has 0 aliphatic heterocycles. The Morgan fingerprint density at radius 1 is 0.958 bits per heavy atom. The van der Waals surface area contributed by atoms with E-state index < -0.39 is 9.85 Å². The average molecular weight is 846 g/mol. The topological polar surface area (TPSA) is 131 Å². The Kier molecular flexibility index (Phi) is 17.6. The van der Waals surface area contributed by atoms with Crippen LogP contribution in [0.3, 0.4) is 0 Å². The van der Waals surface area contributed by atoms with E-state index in [1.165, 1.54) is 35.1 Å². The van der Waals surface area contributed by atoms with Crippen molar-refractivity contribution in [3.05, 3.63) is 136 Å². The molecule has 0 amide bonds. The van der Waals surface area contributed by atoms with Gasteiger partial charge in [0.05, 0.1) is 33.1 Å². The first-order valence-electron chi connectivity index (χ1n) is 14.1. The number of carbonyl (C=O) groups is 1. The van der Waals surface area contributed by atoms with Crippen LogP contribution in [0, 0.1) is 41.0 Å². The lowest BCUT2D eigenvalue weighted by atomic mass is 10.2. The number of alkyl halides is 3. The molecule has 2 aromatic carbocycles. The second-order valence-corrected chi connectivity index (χ2v) is 12.9. The van der Waals surface area contributed by atoms with E-state index in [0.29, 0.717) is 34.7 Å². The van der Waals surface area contributed by atoms with Crippen LogP contribution in [0.1, 0.15) is 50.4 Å². The maximum absolute atomic E-state index is 10.9. The van der Waals surface area contributed by atoms with Crippen LogP contribution in [0.4, 0.5) is 11.6 Å². The number of nitrogens with zero attached hydrogens (tertiary/aromatic N) is 3. The van der Waals surface area contributed by atoms with E-state index in [1.807, 2.05) is 45.0 Å². The number of thiophene rings is 1. The maximum atomic E-state index is 10.9. The summed E-state index contributed by atoms with van der Waals surface area (Å²) in [7, 11) is 0. The van der Waals surface area contributed by atoms with Gasteiger partial charge in [0.2, 0.25) is 0 Å². The molecule has 3 heterocycles. The zero-order valence-electron chi connectivity index (χ0n) is 26.5. The molecule has 5 rings (SSSR count). The molecule has 0 bridgehead atoms. The SMILES string of the molecule is CCOc1ccc([N+](=O)[O-])cc1CBr.Cc1cccc(-n2c(C)cc(C=O)c2C)c1.ClCc1ccc(Cl)s1.O=[N+]([O-])c1ccc(CBr)o1. The van der Waals surface area contributed by atoms with Crippen LogP contribution < -0.4 is 4.74 Å². The summed E-state index contributed by atoms with van der Waals surface area (Å²) >= 11 is 19.0. The third kappa shape index (κ3) is 12.5. The molecule has 48 heavy (non-hydrogen) atoms. The number of rotatable bonds is 9. The summed E-state index contributed by atoms with van der Waals surface area (Å²) in [6.07, 6.45) is 0.911. The fourth-order valence-corrected chi connectivity index (χ4v) is 6.04. The van der Waals surface area contributed by atoms with Gasteiger partial charge in [-0.05, 0) is 75.7 Å². The van der Waals surface area contributed by atoms with Crippen LogP contribution in [-0.4, -0.2) is 27.3 Å². The minimum absolute atomic E-state index is 0.0860. The summed E-state index contributed by atoms with van der Waals surface area (Å²) in [5, 5.41) is 21.6. The van der Waals surface area contributed by atoms with Gasteiger partial charge in [-0.3, -0.25) is 25.0 Å². The Balaban J connectivity index is 0.000000230. The Labute approximate surface area is 309 Å². The van der Waals surface area contributed by atoms with E-state index in [4.69, 9.17) is 32.4 Å². The van der Waals surface area contributed by atoms with Gasteiger partial charge in [-0.25, -0.2) is 0 Å². The number of aldehydes is 1. The quantitative estimate of drug-likeness (QED) is 0.0625. The van der Waals surface area contributed by atoms with Crippen LogP contribution in [0.25, 0.3) is 5.69 Å². The van der Waals surface area contributed by atoms with Crippen LogP contribution in [0.2, 0.25) is 4.34 Å². The number of furan rings is 1. The van der Waals surface area contributed by atoms with Crippen LogP contribution in [0.15, 0.2) is 77.2 Å². The average Bonchev–Trinajstić information content (AvgIpc) is 3.80. The van der Waals surface area contributed by atoms with E-state index in [9.17, 15) is 25.0 Å². The van der Waals surface area contributed by atoms with E-state index in [1.54, 1.807) is 12.1 Å². The predicted molar refractivity (Wildman–Crippen MR) is 199 cm³/mol. The van der Waals surface area contributed by atoms with Gasteiger partial charge in [-0.2, -0.15) is 0 Å². The largest absolute Gasteiger partial charge is 0.494 e.